The van der Waals surface area contributed by atoms with Gasteiger partial charge in [-0.05, 0) is 34.0 Å². The molecule has 0 bridgehead atoms. The van der Waals surface area contributed by atoms with E-state index in [-0.39, 0.29) is 12.0 Å². The van der Waals surface area contributed by atoms with Gasteiger partial charge in [-0.25, -0.2) is 0 Å². The van der Waals surface area contributed by atoms with E-state index < -0.39 is 8.07 Å². The standard InChI is InChI=1S/C16H21BrClNOSi/c1-21(2,3)9-7-11-4-5-12(16(18)15(11)17)13-10-20-8-6-14(13)19/h4-5,13-14H,6,8,10,19H2,1-3H3. The number of ether oxygens (including phenoxy) is 1. The second kappa shape index (κ2) is 6.85. The van der Waals surface area contributed by atoms with Gasteiger partial charge < -0.3 is 10.5 Å². The Balaban J connectivity index is 2.35. The first-order chi connectivity index (χ1) is 9.79. The fourth-order valence-corrected chi connectivity index (χ4v) is 3.55. The van der Waals surface area contributed by atoms with Gasteiger partial charge in [-0.15, -0.1) is 5.54 Å². The van der Waals surface area contributed by atoms with Gasteiger partial charge in [0.1, 0.15) is 8.07 Å². The number of nitrogens with two attached hydrogens (primary N) is 1. The van der Waals surface area contributed by atoms with Crippen LogP contribution in [0.25, 0.3) is 0 Å². The van der Waals surface area contributed by atoms with E-state index >= 15 is 0 Å². The van der Waals surface area contributed by atoms with E-state index in [4.69, 9.17) is 22.1 Å². The van der Waals surface area contributed by atoms with Crippen molar-refractivity contribution in [3.63, 3.8) is 0 Å². The number of benzene rings is 1. The zero-order valence-electron chi connectivity index (χ0n) is 12.7. The van der Waals surface area contributed by atoms with Gasteiger partial charge in [-0.3, -0.25) is 0 Å². The Hall–Kier alpha value is -0.313. The molecule has 2 N–H and O–H groups in total. The Morgan fingerprint density at radius 3 is 2.71 bits per heavy atom. The second-order valence-corrected chi connectivity index (χ2v) is 12.4. The molecule has 21 heavy (non-hydrogen) atoms. The van der Waals surface area contributed by atoms with Crippen LogP contribution in [0.15, 0.2) is 16.6 Å². The molecule has 0 aromatic heterocycles. The normalized spacial score (nSPS) is 22.6. The quantitative estimate of drug-likeness (QED) is 0.581. The maximum atomic E-state index is 6.53. The third kappa shape index (κ3) is 4.34. The lowest BCUT2D eigenvalue weighted by Gasteiger charge is -2.30. The van der Waals surface area contributed by atoms with Crippen LogP contribution in [-0.2, 0) is 4.74 Å². The smallest absolute Gasteiger partial charge is 0.129 e. The van der Waals surface area contributed by atoms with Gasteiger partial charge in [0.15, 0.2) is 0 Å². The summed E-state index contributed by atoms with van der Waals surface area (Å²) in [4.78, 5) is 0. The molecule has 0 spiro atoms. The maximum Gasteiger partial charge on any atom is 0.129 e. The molecule has 2 nitrogen and oxygen atoms in total. The number of rotatable bonds is 1. The van der Waals surface area contributed by atoms with E-state index in [9.17, 15) is 0 Å². The lowest BCUT2D eigenvalue weighted by molar-refractivity contribution is 0.0691. The molecule has 2 unspecified atom stereocenters. The Morgan fingerprint density at radius 2 is 2.10 bits per heavy atom. The average Bonchev–Trinajstić information content (AvgIpc) is 2.41. The molecule has 2 rings (SSSR count). The zero-order valence-corrected chi connectivity index (χ0v) is 16.0. The van der Waals surface area contributed by atoms with Crippen molar-refractivity contribution in [3.05, 3.63) is 32.8 Å². The molecular weight excluding hydrogens is 366 g/mol. The summed E-state index contributed by atoms with van der Waals surface area (Å²) in [6, 6.07) is 4.17. The first kappa shape index (κ1) is 17.0. The predicted molar refractivity (Wildman–Crippen MR) is 95.5 cm³/mol. The summed E-state index contributed by atoms with van der Waals surface area (Å²) in [7, 11) is -1.40. The summed E-state index contributed by atoms with van der Waals surface area (Å²) in [5, 5.41) is 0.711. The van der Waals surface area contributed by atoms with Gasteiger partial charge in [0.05, 0.1) is 16.1 Å². The summed E-state index contributed by atoms with van der Waals surface area (Å²) >= 11 is 10.1. The van der Waals surface area contributed by atoms with Crippen LogP contribution in [0, 0.1) is 11.5 Å². The topological polar surface area (TPSA) is 35.2 Å². The van der Waals surface area contributed by atoms with Gasteiger partial charge in [0.2, 0.25) is 0 Å². The number of hydrogen-bond acceptors (Lipinski definition) is 2. The van der Waals surface area contributed by atoms with Gasteiger partial charge >= 0.3 is 0 Å². The van der Waals surface area contributed by atoms with Crippen LogP contribution >= 0.6 is 27.5 Å². The van der Waals surface area contributed by atoms with E-state index in [1.54, 1.807) is 0 Å². The van der Waals surface area contributed by atoms with E-state index in [1.807, 2.05) is 12.1 Å². The fourth-order valence-electron chi connectivity index (χ4n) is 2.28. The molecule has 1 aromatic rings. The van der Waals surface area contributed by atoms with Crippen molar-refractivity contribution in [2.24, 2.45) is 5.73 Å². The zero-order chi connectivity index (χ0) is 15.6. The molecule has 0 radical (unpaired) electrons. The Labute approximate surface area is 141 Å². The second-order valence-electron chi connectivity index (χ2n) is 6.46. The predicted octanol–water partition coefficient (Wildman–Crippen LogP) is 4.16. The lowest BCUT2D eigenvalue weighted by Crippen LogP contribution is -2.37. The van der Waals surface area contributed by atoms with E-state index in [0.717, 1.165) is 28.6 Å². The van der Waals surface area contributed by atoms with Crippen LogP contribution in [0.5, 0.6) is 0 Å². The van der Waals surface area contributed by atoms with Crippen molar-refractivity contribution in [1.29, 1.82) is 0 Å². The van der Waals surface area contributed by atoms with Crippen molar-refractivity contribution in [2.75, 3.05) is 13.2 Å². The van der Waals surface area contributed by atoms with Crippen molar-refractivity contribution < 1.29 is 4.74 Å². The van der Waals surface area contributed by atoms with E-state index in [0.29, 0.717) is 11.6 Å². The molecular formula is C16H21BrClNOSi. The highest BCUT2D eigenvalue weighted by Crippen LogP contribution is 2.36. The summed E-state index contributed by atoms with van der Waals surface area (Å²) in [6.07, 6.45) is 0.871. The summed E-state index contributed by atoms with van der Waals surface area (Å²) in [6.45, 7) is 8.04. The summed E-state index contributed by atoms with van der Waals surface area (Å²) < 4.78 is 6.41. The summed E-state index contributed by atoms with van der Waals surface area (Å²) in [5.74, 6) is 3.41. The molecule has 1 aliphatic rings. The van der Waals surface area contributed by atoms with Crippen molar-refractivity contribution in [3.8, 4) is 11.5 Å². The molecule has 0 aliphatic carbocycles. The van der Waals surface area contributed by atoms with Crippen LogP contribution in [0.3, 0.4) is 0 Å². The van der Waals surface area contributed by atoms with Crippen LogP contribution in [0.1, 0.15) is 23.5 Å². The molecule has 114 valence electrons. The minimum atomic E-state index is -1.40. The Bertz CT molecular complexity index is 588. The van der Waals surface area contributed by atoms with Crippen molar-refractivity contribution in [2.45, 2.75) is 38.0 Å². The highest BCUT2D eigenvalue weighted by molar-refractivity contribution is 9.10. The highest BCUT2D eigenvalue weighted by Gasteiger charge is 2.27. The van der Waals surface area contributed by atoms with Crippen molar-refractivity contribution >= 4 is 35.6 Å². The van der Waals surface area contributed by atoms with E-state index in [1.165, 1.54) is 0 Å². The average molecular weight is 387 g/mol. The molecule has 1 fully saturated rings. The van der Waals surface area contributed by atoms with Crippen LogP contribution in [-0.4, -0.2) is 27.3 Å². The molecule has 1 aliphatic heterocycles. The molecule has 2 atom stereocenters. The molecule has 1 heterocycles. The van der Waals surface area contributed by atoms with Gasteiger partial charge in [-0.1, -0.05) is 43.2 Å². The van der Waals surface area contributed by atoms with Gasteiger partial charge in [-0.2, -0.15) is 0 Å². The Kier molecular flexibility index (Phi) is 5.56. The van der Waals surface area contributed by atoms with Crippen LogP contribution in [0.2, 0.25) is 24.7 Å². The highest BCUT2D eigenvalue weighted by atomic mass is 79.9. The molecule has 5 heteroatoms. The largest absolute Gasteiger partial charge is 0.381 e. The molecule has 0 amide bonds. The van der Waals surface area contributed by atoms with Crippen LogP contribution in [0.4, 0.5) is 0 Å². The van der Waals surface area contributed by atoms with Crippen LogP contribution < -0.4 is 5.73 Å². The maximum absolute atomic E-state index is 6.53. The minimum Gasteiger partial charge on any atom is -0.381 e. The number of hydrogen-bond donors (Lipinski definition) is 1. The van der Waals surface area contributed by atoms with Crippen molar-refractivity contribution in [1.82, 2.24) is 0 Å². The SMILES string of the molecule is C[Si](C)(C)C#Cc1ccc(C2COCCC2N)c(Cl)c1Br. The molecule has 1 saturated heterocycles. The third-order valence-corrected chi connectivity index (χ3v) is 5.83. The fraction of sp³-hybridized carbons (Fsp3) is 0.500. The first-order valence-corrected chi connectivity index (χ1v) is 11.8. The summed E-state index contributed by atoms with van der Waals surface area (Å²) in [5.41, 5.74) is 11.6. The monoisotopic (exact) mass is 385 g/mol. The first-order valence-electron chi connectivity index (χ1n) is 7.14. The number of halogens is 2. The minimum absolute atomic E-state index is 0.0991. The van der Waals surface area contributed by atoms with Gasteiger partial charge in [0.25, 0.3) is 0 Å². The third-order valence-electron chi connectivity index (χ3n) is 3.49. The van der Waals surface area contributed by atoms with Gasteiger partial charge in [0, 0.05) is 24.1 Å². The molecule has 1 aromatic carbocycles. The van der Waals surface area contributed by atoms with E-state index in [2.05, 4.69) is 47.0 Å². The lowest BCUT2D eigenvalue weighted by atomic mass is 9.89. The molecule has 0 saturated carbocycles. The Morgan fingerprint density at radius 1 is 1.38 bits per heavy atom.